The van der Waals surface area contributed by atoms with Gasteiger partial charge in [-0.1, -0.05) is 0 Å². The first-order chi connectivity index (χ1) is 10.5. The summed E-state index contributed by atoms with van der Waals surface area (Å²) >= 11 is 0. The molecule has 0 bridgehead atoms. The van der Waals surface area contributed by atoms with Crippen LogP contribution in [0.3, 0.4) is 0 Å². The highest BCUT2D eigenvalue weighted by molar-refractivity contribution is 5.87. The second-order valence-electron chi connectivity index (χ2n) is 5.06. The van der Waals surface area contributed by atoms with Crippen molar-refractivity contribution in [2.45, 2.75) is 57.2 Å². The van der Waals surface area contributed by atoms with Crippen LogP contribution in [0.1, 0.15) is 44.9 Å². The quantitative estimate of drug-likeness (QED) is 0.154. The molecule has 128 valence electrons. The van der Waals surface area contributed by atoms with Gasteiger partial charge in [0.1, 0.15) is 18.6 Å². The monoisotopic (exact) mass is 317 g/mol. The van der Waals surface area contributed by atoms with Crippen LogP contribution < -0.4 is 16.4 Å². The van der Waals surface area contributed by atoms with Gasteiger partial charge in [0.25, 0.3) is 0 Å². The fourth-order valence-electron chi connectivity index (χ4n) is 1.87. The average molecular weight is 317 g/mol. The molecule has 0 heterocycles. The van der Waals surface area contributed by atoms with Crippen molar-refractivity contribution in [3.05, 3.63) is 0 Å². The van der Waals surface area contributed by atoms with Gasteiger partial charge in [0.15, 0.2) is 0 Å². The number of unbranched alkanes of at least 4 members (excludes halogenated alkanes) is 1. The first kappa shape index (κ1) is 20.5. The number of aliphatic hydroxyl groups excluding tert-OH is 2. The van der Waals surface area contributed by atoms with Crippen LogP contribution in [0.4, 0.5) is 0 Å². The maximum Gasteiger partial charge on any atom is 0.239 e. The Kier molecular flexibility index (Phi) is 12.3. The van der Waals surface area contributed by atoms with Gasteiger partial charge in [-0.05, 0) is 38.6 Å². The molecule has 22 heavy (non-hydrogen) atoms. The number of nitrogens with one attached hydrogen (secondary N) is 2. The van der Waals surface area contributed by atoms with E-state index in [2.05, 4.69) is 10.6 Å². The highest BCUT2D eigenvalue weighted by Crippen LogP contribution is 2.02. The average Bonchev–Trinajstić information content (AvgIpc) is 2.49. The topological polar surface area (TPSA) is 142 Å². The Morgan fingerprint density at radius 2 is 1.91 bits per heavy atom. The van der Waals surface area contributed by atoms with E-state index in [0.717, 1.165) is 0 Å². The zero-order valence-electron chi connectivity index (χ0n) is 12.8. The largest absolute Gasteiger partial charge is 0.396 e. The van der Waals surface area contributed by atoms with Crippen LogP contribution in [0.15, 0.2) is 0 Å². The smallest absolute Gasteiger partial charge is 0.239 e. The van der Waals surface area contributed by atoms with Crippen molar-refractivity contribution in [3.63, 3.8) is 0 Å². The Morgan fingerprint density at radius 1 is 1.18 bits per heavy atom. The summed E-state index contributed by atoms with van der Waals surface area (Å²) < 4.78 is 0. The third-order valence-corrected chi connectivity index (χ3v) is 3.10. The molecule has 2 amide bonds. The van der Waals surface area contributed by atoms with Crippen molar-refractivity contribution in [2.75, 3.05) is 13.2 Å². The highest BCUT2D eigenvalue weighted by atomic mass is 16.3. The number of hydrogen-bond acceptors (Lipinski definition) is 6. The molecule has 0 saturated heterocycles. The maximum absolute atomic E-state index is 11.5. The summed E-state index contributed by atoms with van der Waals surface area (Å²) in [6.07, 6.45) is 2.95. The number of aldehydes is 1. The van der Waals surface area contributed by atoms with Gasteiger partial charge in [0.2, 0.25) is 11.8 Å². The zero-order valence-corrected chi connectivity index (χ0v) is 12.8. The van der Waals surface area contributed by atoms with E-state index < -0.39 is 18.2 Å². The molecule has 0 aromatic carbocycles. The Balaban J connectivity index is 3.84. The number of hydrogen-bond donors (Lipinski definition) is 5. The van der Waals surface area contributed by atoms with E-state index in [4.69, 9.17) is 10.8 Å². The number of carbonyl (C=O) groups is 3. The lowest BCUT2D eigenvalue weighted by Crippen LogP contribution is -2.44. The standard InChI is InChI=1S/C14H27N3O5/c15-14(22)11(17-13(21)7-4-10-19)5-1-2-8-16-12(20)6-3-9-18/h10-12,16,18,20H,1-9H2,(H2,15,22)(H,17,21)/t11-,12?/m0/s1. The number of nitrogens with two attached hydrogens (primary N) is 1. The van der Waals surface area contributed by atoms with Gasteiger partial charge in [0.05, 0.1) is 0 Å². The summed E-state index contributed by atoms with van der Waals surface area (Å²) in [7, 11) is 0. The minimum atomic E-state index is -0.738. The third-order valence-electron chi connectivity index (χ3n) is 3.10. The van der Waals surface area contributed by atoms with Crippen LogP contribution in [0, 0.1) is 0 Å². The summed E-state index contributed by atoms with van der Waals surface area (Å²) in [5.41, 5.74) is 5.23. The molecule has 6 N–H and O–H groups in total. The van der Waals surface area contributed by atoms with E-state index in [1.165, 1.54) is 0 Å². The Morgan fingerprint density at radius 3 is 2.50 bits per heavy atom. The lowest BCUT2D eigenvalue weighted by Gasteiger charge is -2.16. The molecule has 0 fully saturated rings. The van der Waals surface area contributed by atoms with Crippen LogP contribution >= 0.6 is 0 Å². The molecular weight excluding hydrogens is 290 g/mol. The molecule has 0 aliphatic carbocycles. The van der Waals surface area contributed by atoms with Crippen LogP contribution in [0.2, 0.25) is 0 Å². The number of carbonyl (C=O) groups excluding carboxylic acids is 3. The fourth-order valence-corrected chi connectivity index (χ4v) is 1.87. The number of primary amides is 1. The fraction of sp³-hybridized carbons (Fsp3) is 0.786. The normalized spacial score (nSPS) is 13.4. The van der Waals surface area contributed by atoms with E-state index >= 15 is 0 Å². The summed E-state index contributed by atoms with van der Waals surface area (Å²) in [6, 6.07) is -0.738. The Hall–Kier alpha value is -1.51. The summed E-state index contributed by atoms with van der Waals surface area (Å²) in [5.74, 6) is -0.969. The van der Waals surface area contributed by atoms with Gasteiger partial charge in [0, 0.05) is 19.4 Å². The lowest BCUT2D eigenvalue weighted by atomic mass is 10.1. The van der Waals surface area contributed by atoms with E-state index in [-0.39, 0.29) is 25.4 Å². The second kappa shape index (κ2) is 13.2. The molecule has 8 heteroatoms. The molecule has 2 atom stereocenters. The molecule has 0 rings (SSSR count). The predicted octanol–water partition coefficient (Wildman–Crippen LogP) is -1.21. The Labute approximate surface area is 130 Å². The van der Waals surface area contributed by atoms with Crippen molar-refractivity contribution >= 4 is 18.1 Å². The minimum Gasteiger partial charge on any atom is -0.396 e. The first-order valence-electron chi connectivity index (χ1n) is 7.55. The van der Waals surface area contributed by atoms with Gasteiger partial charge in [-0.25, -0.2) is 0 Å². The molecule has 0 saturated carbocycles. The van der Waals surface area contributed by atoms with E-state index in [0.29, 0.717) is 44.9 Å². The van der Waals surface area contributed by atoms with Crippen molar-refractivity contribution in [1.29, 1.82) is 0 Å². The van der Waals surface area contributed by atoms with Crippen LogP contribution in [-0.4, -0.2) is 53.7 Å². The number of aliphatic hydroxyl groups is 2. The van der Waals surface area contributed by atoms with E-state index in [9.17, 15) is 19.5 Å². The first-order valence-corrected chi connectivity index (χ1v) is 7.55. The lowest BCUT2D eigenvalue weighted by molar-refractivity contribution is -0.128. The van der Waals surface area contributed by atoms with Crippen LogP contribution in [-0.2, 0) is 14.4 Å². The SMILES string of the molecule is NC(=O)[C@H](CCCCNC(O)CCCO)NC(=O)CCC=O. The van der Waals surface area contributed by atoms with Gasteiger partial charge >= 0.3 is 0 Å². The summed E-state index contributed by atoms with van der Waals surface area (Å²) in [6.45, 7) is 0.611. The molecule has 0 aromatic heterocycles. The molecular formula is C14H27N3O5. The van der Waals surface area contributed by atoms with Crippen LogP contribution in [0.25, 0.3) is 0 Å². The summed E-state index contributed by atoms with van der Waals surface area (Å²) in [5, 5.41) is 23.5. The van der Waals surface area contributed by atoms with Crippen molar-refractivity contribution in [2.24, 2.45) is 5.73 Å². The van der Waals surface area contributed by atoms with Crippen molar-refractivity contribution < 1.29 is 24.6 Å². The van der Waals surface area contributed by atoms with E-state index in [1.807, 2.05) is 0 Å². The second-order valence-corrected chi connectivity index (χ2v) is 5.06. The zero-order chi connectivity index (χ0) is 16.8. The van der Waals surface area contributed by atoms with Crippen LogP contribution in [0.5, 0.6) is 0 Å². The van der Waals surface area contributed by atoms with Gasteiger partial charge in [-0.2, -0.15) is 0 Å². The minimum absolute atomic E-state index is 0.0445. The predicted molar refractivity (Wildman–Crippen MR) is 80.6 cm³/mol. The maximum atomic E-state index is 11.5. The van der Waals surface area contributed by atoms with Gasteiger partial charge in [-0.3, -0.25) is 14.9 Å². The van der Waals surface area contributed by atoms with Gasteiger partial charge in [-0.15, -0.1) is 0 Å². The number of amides is 2. The Bertz CT molecular complexity index is 338. The van der Waals surface area contributed by atoms with Gasteiger partial charge < -0.3 is 26.1 Å². The molecule has 1 unspecified atom stereocenters. The summed E-state index contributed by atoms with van der Waals surface area (Å²) in [4.78, 5) is 32.9. The highest BCUT2D eigenvalue weighted by Gasteiger charge is 2.17. The van der Waals surface area contributed by atoms with E-state index in [1.54, 1.807) is 0 Å². The third kappa shape index (κ3) is 11.2. The molecule has 0 spiro atoms. The molecule has 0 aromatic rings. The molecule has 0 aliphatic rings. The number of rotatable bonds is 14. The molecule has 8 nitrogen and oxygen atoms in total. The molecule has 0 radical (unpaired) electrons. The molecule has 0 aliphatic heterocycles. The van der Waals surface area contributed by atoms with Crippen molar-refractivity contribution in [3.8, 4) is 0 Å². The van der Waals surface area contributed by atoms with Crippen molar-refractivity contribution in [1.82, 2.24) is 10.6 Å².